The molecule has 0 aliphatic carbocycles. The molecule has 0 aliphatic heterocycles. The lowest BCUT2D eigenvalue weighted by Gasteiger charge is -2.07. The van der Waals surface area contributed by atoms with E-state index >= 15 is 0 Å². The summed E-state index contributed by atoms with van der Waals surface area (Å²) in [7, 11) is 0. The molecule has 0 radical (unpaired) electrons. The van der Waals surface area contributed by atoms with Crippen LogP contribution in [0.1, 0.15) is 16.2 Å². The fourth-order valence-corrected chi connectivity index (χ4v) is 1.24. The van der Waals surface area contributed by atoms with Gasteiger partial charge in [-0.3, -0.25) is 4.79 Å². The number of carbonyl (C=O) groups excluding carboxylic acids is 1. The first kappa shape index (κ1) is 10.9. The molecule has 0 saturated heterocycles. The molecular formula is C9H10N6O2. The van der Waals surface area contributed by atoms with E-state index in [1.807, 2.05) is 0 Å². The van der Waals surface area contributed by atoms with E-state index in [4.69, 9.17) is 11.5 Å². The van der Waals surface area contributed by atoms with Crippen LogP contribution in [0.15, 0.2) is 23.2 Å². The minimum atomic E-state index is -0.611. The number of hydrogen-bond donors (Lipinski definition) is 3. The minimum absolute atomic E-state index is 0.216. The second-order valence-electron chi connectivity index (χ2n) is 3.23. The van der Waals surface area contributed by atoms with Crippen LogP contribution in [-0.2, 0) is 6.54 Å². The van der Waals surface area contributed by atoms with Gasteiger partial charge in [0.2, 0.25) is 6.39 Å². The topological polar surface area (TPSA) is 133 Å². The summed E-state index contributed by atoms with van der Waals surface area (Å²) >= 11 is 0. The Morgan fingerprint density at radius 1 is 1.47 bits per heavy atom. The molecule has 0 fully saturated rings. The summed E-state index contributed by atoms with van der Waals surface area (Å²) in [6.07, 6.45) is 2.63. The van der Waals surface area contributed by atoms with Crippen molar-refractivity contribution in [3.63, 3.8) is 0 Å². The van der Waals surface area contributed by atoms with Crippen LogP contribution in [0, 0.1) is 0 Å². The van der Waals surface area contributed by atoms with E-state index in [9.17, 15) is 4.79 Å². The fourth-order valence-electron chi connectivity index (χ4n) is 1.24. The van der Waals surface area contributed by atoms with E-state index < -0.39 is 5.91 Å². The predicted octanol–water partition coefficient (Wildman–Crippen LogP) is -0.242. The Morgan fingerprint density at radius 3 is 2.94 bits per heavy atom. The predicted molar refractivity (Wildman–Crippen MR) is 58.8 cm³/mol. The van der Waals surface area contributed by atoms with Gasteiger partial charge < -0.3 is 21.3 Å². The van der Waals surface area contributed by atoms with Crippen molar-refractivity contribution in [2.75, 3.05) is 11.1 Å². The van der Waals surface area contributed by atoms with E-state index in [1.165, 1.54) is 18.7 Å². The molecule has 0 aromatic carbocycles. The van der Waals surface area contributed by atoms with Crippen LogP contribution in [0.25, 0.3) is 0 Å². The molecule has 0 saturated carbocycles. The van der Waals surface area contributed by atoms with Gasteiger partial charge in [0.25, 0.3) is 5.91 Å². The summed E-state index contributed by atoms with van der Waals surface area (Å²) in [5.74, 6) is 0.163. The van der Waals surface area contributed by atoms with Gasteiger partial charge in [0.05, 0.1) is 24.0 Å². The van der Waals surface area contributed by atoms with Gasteiger partial charge in [-0.2, -0.15) is 4.98 Å². The summed E-state index contributed by atoms with van der Waals surface area (Å²) < 4.78 is 4.57. The number of nitrogens with two attached hydrogens (primary N) is 2. The number of pyridine rings is 1. The van der Waals surface area contributed by atoms with E-state index in [2.05, 4.69) is 25.0 Å². The second-order valence-corrected chi connectivity index (χ2v) is 3.23. The highest BCUT2D eigenvalue weighted by molar-refractivity contribution is 5.98. The van der Waals surface area contributed by atoms with E-state index in [1.54, 1.807) is 0 Å². The third-order valence-electron chi connectivity index (χ3n) is 2.00. The largest absolute Gasteiger partial charge is 0.397 e. The molecule has 0 spiro atoms. The van der Waals surface area contributed by atoms with Gasteiger partial charge >= 0.3 is 0 Å². The number of nitrogens with one attached hydrogen (secondary N) is 1. The molecule has 0 atom stereocenters. The minimum Gasteiger partial charge on any atom is -0.397 e. The third kappa shape index (κ3) is 2.48. The van der Waals surface area contributed by atoms with Crippen LogP contribution < -0.4 is 16.8 Å². The van der Waals surface area contributed by atoms with Gasteiger partial charge in [-0.1, -0.05) is 5.16 Å². The number of primary amides is 1. The molecule has 1 amide bonds. The number of amides is 1. The van der Waals surface area contributed by atoms with Crippen molar-refractivity contribution in [2.24, 2.45) is 5.73 Å². The molecule has 8 heteroatoms. The number of aromatic nitrogens is 3. The highest BCUT2D eigenvalue weighted by atomic mass is 16.5. The zero-order valence-corrected chi connectivity index (χ0v) is 8.75. The van der Waals surface area contributed by atoms with Crippen LogP contribution in [0.2, 0.25) is 0 Å². The molecular weight excluding hydrogens is 224 g/mol. The average Bonchev–Trinajstić information content (AvgIpc) is 2.80. The molecule has 0 aliphatic rings. The number of nitrogen functional groups attached to an aromatic ring is 1. The summed E-state index contributed by atoms with van der Waals surface area (Å²) in [5, 5.41) is 6.48. The lowest BCUT2D eigenvalue weighted by molar-refractivity contribution is 0.100. The Bertz CT molecular complexity index is 524. The Labute approximate surface area is 96.0 Å². The van der Waals surface area contributed by atoms with Gasteiger partial charge in [0.1, 0.15) is 5.82 Å². The molecule has 88 valence electrons. The molecule has 8 nitrogen and oxygen atoms in total. The van der Waals surface area contributed by atoms with Gasteiger partial charge in [-0.25, -0.2) is 4.98 Å². The lowest BCUT2D eigenvalue weighted by Crippen LogP contribution is -2.16. The molecule has 0 unspecified atom stereocenters. The van der Waals surface area contributed by atoms with Crippen molar-refractivity contribution in [3.8, 4) is 0 Å². The zero-order chi connectivity index (χ0) is 12.3. The summed E-state index contributed by atoms with van der Waals surface area (Å²) in [6.45, 7) is 0.272. The molecule has 2 heterocycles. The van der Waals surface area contributed by atoms with E-state index in [-0.39, 0.29) is 12.1 Å². The van der Waals surface area contributed by atoms with Crippen molar-refractivity contribution < 1.29 is 9.32 Å². The van der Waals surface area contributed by atoms with Crippen LogP contribution in [0.4, 0.5) is 11.5 Å². The van der Waals surface area contributed by atoms with Gasteiger partial charge in [0, 0.05) is 0 Å². The third-order valence-corrected chi connectivity index (χ3v) is 2.00. The maximum Gasteiger partial charge on any atom is 0.252 e. The first-order valence-electron chi connectivity index (χ1n) is 4.71. The Morgan fingerprint density at radius 2 is 2.29 bits per heavy atom. The zero-order valence-electron chi connectivity index (χ0n) is 8.75. The van der Waals surface area contributed by atoms with Crippen molar-refractivity contribution in [1.29, 1.82) is 0 Å². The average molecular weight is 234 g/mol. The maximum atomic E-state index is 11.2. The van der Waals surface area contributed by atoms with Gasteiger partial charge in [0.15, 0.2) is 5.82 Å². The Hall–Kier alpha value is -2.64. The fraction of sp³-hybridized carbons (Fsp3) is 0.111. The smallest absolute Gasteiger partial charge is 0.252 e. The maximum absolute atomic E-state index is 11.2. The molecule has 2 rings (SSSR count). The number of rotatable bonds is 4. The number of anilines is 2. The SMILES string of the molecule is NC(=O)c1cc(N)cnc1NCc1ncon1. The van der Waals surface area contributed by atoms with Crippen molar-refractivity contribution in [3.05, 3.63) is 30.0 Å². The van der Waals surface area contributed by atoms with E-state index in [0.29, 0.717) is 17.3 Å². The number of carbonyl (C=O) groups is 1. The molecule has 17 heavy (non-hydrogen) atoms. The number of nitrogens with zero attached hydrogens (tertiary/aromatic N) is 3. The first-order valence-corrected chi connectivity index (χ1v) is 4.71. The van der Waals surface area contributed by atoms with Crippen molar-refractivity contribution in [2.45, 2.75) is 6.54 Å². The first-order chi connectivity index (χ1) is 8.16. The van der Waals surface area contributed by atoms with Gasteiger partial charge in [-0.05, 0) is 6.07 Å². The van der Waals surface area contributed by atoms with Crippen LogP contribution >= 0.6 is 0 Å². The van der Waals surface area contributed by atoms with Gasteiger partial charge in [-0.15, -0.1) is 0 Å². The Kier molecular flexibility index (Phi) is 2.86. The van der Waals surface area contributed by atoms with Crippen molar-refractivity contribution >= 4 is 17.4 Å². The summed E-state index contributed by atoms with van der Waals surface area (Å²) in [6, 6.07) is 1.45. The van der Waals surface area contributed by atoms with Crippen LogP contribution in [-0.4, -0.2) is 21.0 Å². The second kappa shape index (κ2) is 4.47. The van der Waals surface area contributed by atoms with Crippen LogP contribution in [0.3, 0.4) is 0 Å². The molecule has 2 aromatic heterocycles. The Balaban J connectivity index is 2.17. The molecule has 2 aromatic rings. The number of hydrogen-bond acceptors (Lipinski definition) is 7. The standard InChI is InChI=1S/C9H10N6O2/c10-5-1-6(8(11)16)9(12-2-5)13-3-7-14-4-17-15-7/h1-2,4H,3,10H2,(H2,11,16)(H,12,13). The van der Waals surface area contributed by atoms with Crippen molar-refractivity contribution in [1.82, 2.24) is 15.1 Å². The van der Waals surface area contributed by atoms with E-state index in [0.717, 1.165) is 0 Å². The molecule has 0 bridgehead atoms. The summed E-state index contributed by atoms with van der Waals surface area (Å²) in [4.78, 5) is 19.0. The summed E-state index contributed by atoms with van der Waals surface area (Å²) in [5.41, 5.74) is 11.3. The normalized spacial score (nSPS) is 10.1. The van der Waals surface area contributed by atoms with Crippen LogP contribution in [0.5, 0.6) is 0 Å². The lowest BCUT2D eigenvalue weighted by atomic mass is 10.2. The highest BCUT2D eigenvalue weighted by Crippen LogP contribution is 2.15. The molecule has 5 N–H and O–H groups in total. The quantitative estimate of drug-likeness (QED) is 0.664. The monoisotopic (exact) mass is 234 g/mol. The highest BCUT2D eigenvalue weighted by Gasteiger charge is 2.10.